The van der Waals surface area contributed by atoms with E-state index in [-0.39, 0.29) is 5.82 Å². The van der Waals surface area contributed by atoms with Crippen molar-refractivity contribution in [2.45, 2.75) is 12.3 Å². The number of aliphatic hydroxyl groups is 1. The fourth-order valence-electron chi connectivity index (χ4n) is 1.06. The number of rotatable bonds is 4. The van der Waals surface area contributed by atoms with Gasteiger partial charge in [0.2, 0.25) is 0 Å². The first-order valence-corrected chi connectivity index (χ1v) is 4.20. The number of halogens is 3. The Morgan fingerprint density at radius 3 is 2.73 bits per heavy atom. The predicted molar refractivity (Wildman–Crippen MR) is 45.0 cm³/mol. The summed E-state index contributed by atoms with van der Waals surface area (Å²) in [4.78, 5) is 3.78. The molecule has 86 valence electrons. The van der Waals surface area contributed by atoms with E-state index in [2.05, 4.69) is 9.72 Å². The van der Waals surface area contributed by atoms with Crippen molar-refractivity contribution in [1.82, 2.24) is 9.55 Å². The standard InChI is InChI=1S/C8H11F3N2O2/c1-13-3-2-12-7(13)6(14)4-15-5-8(9,10)11/h2-3,6,14H,4-5H2,1H3. The Balaban J connectivity index is 2.37. The smallest absolute Gasteiger partial charge is 0.383 e. The maximum atomic E-state index is 11.7. The van der Waals surface area contributed by atoms with Gasteiger partial charge in [-0.2, -0.15) is 13.2 Å². The van der Waals surface area contributed by atoms with E-state index in [9.17, 15) is 18.3 Å². The zero-order valence-electron chi connectivity index (χ0n) is 8.03. The number of nitrogens with zero attached hydrogens (tertiary/aromatic N) is 2. The Kier molecular flexibility index (Phi) is 3.70. The molecule has 0 fully saturated rings. The number of ether oxygens (including phenoxy) is 1. The van der Waals surface area contributed by atoms with Crippen LogP contribution in [0.4, 0.5) is 13.2 Å². The molecule has 0 amide bonds. The molecular formula is C8H11F3N2O2. The lowest BCUT2D eigenvalue weighted by Crippen LogP contribution is -2.20. The first-order chi connectivity index (χ1) is 6.90. The van der Waals surface area contributed by atoms with Crippen molar-refractivity contribution in [2.24, 2.45) is 7.05 Å². The Morgan fingerprint density at radius 2 is 2.27 bits per heavy atom. The summed E-state index contributed by atoms with van der Waals surface area (Å²) in [6.45, 7) is -1.79. The van der Waals surface area contributed by atoms with Crippen LogP contribution in [0.5, 0.6) is 0 Å². The lowest BCUT2D eigenvalue weighted by atomic mass is 10.3. The highest BCUT2D eigenvalue weighted by atomic mass is 19.4. The van der Waals surface area contributed by atoms with Gasteiger partial charge in [-0.05, 0) is 0 Å². The molecular weight excluding hydrogens is 213 g/mol. The summed E-state index contributed by atoms with van der Waals surface area (Å²) in [5, 5.41) is 9.41. The highest BCUT2D eigenvalue weighted by molar-refractivity contribution is 4.95. The SMILES string of the molecule is Cn1ccnc1C(O)COCC(F)(F)F. The van der Waals surface area contributed by atoms with E-state index in [0.29, 0.717) is 0 Å². The summed E-state index contributed by atoms with van der Waals surface area (Å²) in [5.74, 6) is 0.275. The monoisotopic (exact) mass is 224 g/mol. The van der Waals surface area contributed by atoms with E-state index < -0.39 is 25.5 Å². The summed E-state index contributed by atoms with van der Waals surface area (Å²) in [6, 6.07) is 0. The topological polar surface area (TPSA) is 47.3 Å². The third-order valence-corrected chi connectivity index (χ3v) is 1.70. The summed E-state index contributed by atoms with van der Waals surface area (Å²) in [7, 11) is 1.63. The molecule has 0 saturated heterocycles. The van der Waals surface area contributed by atoms with Gasteiger partial charge in [0.25, 0.3) is 0 Å². The van der Waals surface area contributed by atoms with Crippen LogP contribution >= 0.6 is 0 Å². The van der Waals surface area contributed by atoms with Crippen LogP contribution in [0.1, 0.15) is 11.9 Å². The molecule has 1 N–H and O–H groups in total. The average Bonchev–Trinajstić information content (AvgIpc) is 2.48. The lowest BCUT2D eigenvalue weighted by Gasteiger charge is -2.12. The number of aliphatic hydroxyl groups excluding tert-OH is 1. The summed E-state index contributed by atoms with van der Waals surface area (Å²) < 4.78 is 40.9. The van der Waals surface area contributed by atoms with E-state index in [1.54, 1.807) is 13.2 Å². The molecule has 1 atom stereocenters. The molecule has 1 aromatic rings. The number of imidazole rings is 1. The van der Waals surface area contributed by atoms with E-state index in [1.165, 1.54) is 10.8 Å². The van der Waals surface area contributed by atoms with Crippen LogP contribution in [0, 0.1) is 0 Å². The Morgan fingerprint density at radius 1 is 1.60 bits per heavy atom. The number of aryl methyl sites for hydroxylation is 1. The molecule has 15 heavy (non-hydrogen) atoms. The molecule has 4 nitrogen and oxygen atoms in total. The first-order valence-electron chi connectivity index (χ1n) is 4.20. The second kappa shape index (κ2) is 4.63. The first kappa shape index (κ1) is 12.0. The van der Waals surface area contributed by atoms with Crippen LogP contribution in [-0.4, -0.2) is 34.0 Å². The van der Waals surface area contributed by atoms with E-state index >= 15 is 0 Å². The van der Waals surface area contributed by atoms with Crippen LogP contribution in [0.15, 0.2) is 12.4 Å². The van der Waals surface area contributed by atoms with Gasteiger partial charge >= 0.3 is 6.18 Å². The molecule has 7 heteroatoms. The van der Waals surface area contributed by atoms with Gasteiger partial charge in [0.05, 0.1) is 6.61 Å². The van der Waals surface area contributed by atoms with Crippen molar-refractivity contribution in [3.8, 4) is 0 Å². The molecule has 1 heterocycles. The van der Waals surface area contributed by atoms with Gasteiger partial charge in [0.1, 0.15) is 18.5 Å². The highest BCUT2D eigenvalue weighted by Gasteiger charge is 2.28. The third kappa shape index (κ3) is 3.88. The Bertz CT molecular complexity index is 311. The zero-order chi connectivity index (χ0) is 11.5. The van der Waals surface area contributed by atoms with Gasteiger partial charge in [-0.1, -0.05) is 0 Å². The zero-order valence-corrected chi connectivity index (χ0v) is 8.03. The van der Waals surface area contributed by atoms with E-state index in [1.807, 2.05) is 0 Å². The fraction of sp³-hybridized carbons (Fsp3) is 0.625. The molecule has 0 aromatic carbocycles. The largest absolute Gasteiger partial charge is 0.411 e. The Hall–Kier alpha value is -1.08. The number of hydrogen-bond donors (Lipinski definition) is 1. The molecule has 1 aromatic heterocycles. The third-order valence-electron chi connectivity index (χ3n) is 1.70. The minimum absolute atomic E-state index is 0.275. The average molecular weight is 224 g/mol. The number of aromatic nitrogens is 2. The van der Waals surface area contributed by atoms with Crippen LogP contribution in [0.3, 0.4) is 0 Å². The summed E-state index contributed by atoms with van der Waals surface area (Å²) in [6.07, 6.45) is -2.49. The molecule has 1 unspecified atom stereocenters. The van der Waals surface area contributed by atoms with Gasteiger partial charge in [0, 0.05) is 19.4 Å². The molecule has 0 aliphatic carbocycles. The van der Waals surface area contributed by atoms with Crippen LogP contribution in [0.25, 0.3) is 0 Å². The molecule has 0 saturated carbocycles. The number of alkyl halides is 3. The van der Waals surface area contributed by atoms with Crippen LogP contribution < -0.4 is 0 Å². The van der Waals surface area contributed by atoms with Crippen molar-refractivity contribution in [3.05, 3.63) is 18.2 Å². The van der Waals surface area contributed by atoms with Gasteiger partial charge in [0.15, 0.2) is 0 Å². The number of hydrogen-bond acceptors (Lipinski definition) is 3. The molecule has 0 radical (unpaired) electrons. The molecule has 0 spiro atoms. The molecule has 0 aliphatic heterocycles. The Labute approximate surface area is 84.3 Å². The molecule has 0 bridgehead atoms. The van der Waals surface area contributed by atoms with E-state index in [4.69, 9.17) is 0 Å². The van der Waals surface area contributed by atoms with Crippen molar-refractivity contribution in [3.63, 3.8) is 0 Å². The normalized spacial score (nSPS) is 14.2. The fourth-order valence-corrected chi connectivity index (χ4v) is 1.06. The minimum atomic E-state index is -4.37. The van der Waals surface area contributed by atoms with Crippen molar-refractivity contribution in [1.29, 1.82) is 0 Å². The summed E-state index contributed by atoms with van der Waals surface area (Å²) in [5.41, 5.74) is 0. The predicted octanol–water partition coefficient (Wildman–Crippen LogP) is 1.03. The van der Waals surface area contributed by atoms with Gasteiger partial charge in [-0.15, -0.1) is 0 Å². The maximum Gasteiger partial charge on any atom is 0.411 e. The van der Waals surface area contributed by atoms with Crippen molar-refractivity contribution in [2.75, 3.05) is 13.2 Å². The van der Waals surface area contributed by atoms with Gasteiger partial charge in [-0.3, -0.25) is 0 Å². The summed E-state index contributed by atoms with van der Waals surface area (Å²) >= 11 is 0. The highest BCUT2D eigenvalue weighted by Crippen LogP contribution is 2.16. The van der Waals surface area contributed by atoms with Crippen molar-refractivity contribution < 1.29 is 23.0 Å². The second-order valence-electron chi connectivity index (χ2n) is 3.04. The van der Waals surface area contributed by atoms with Crippen LogP contribution in [0.2, 0.25) is 0 Å². The molecule has 0 aliphatic rings. The second-order valence-corrected chi connectivity index (χ2v) is 3.04. The lowest BCUT2D eigenvalue weighted by molar-refractivity contribution is -0.179. The van der Waals surface area contributed by atoms with Gasteiger partial charge < -0.3 is 14.4 Å². The van der Waals surface area contributed by atoms with Gasteiger partial charge in [-0.25, -0.2) is 4.98 Å². The van der Waals surface area contributed by atoms with E-state index in [0.717, 1.165) is 0 Å². The maximum absolute atomic E-state index is 11.7. The van der Waals surface area contributed by atoms with Crippen molar-refractivity contribution >= 4 is 0 Å². The quantitative estimate of drug-likeness (QED) is 0.831. The molecule has 1 rings (SSSR count). The van der Waals surface area contributed by atoms with Crippen LogP contribution in [-0.2, 0) is 11.8 Å². The minimum Gasteiger partial charge on any atom is -0.383 e.